The normalized spacial score (nSPS) is 12.5. The molecule has 0 N–H and O–H groups in total. The maximum Gasteiger partial charge on any atom is 0.123 e. The van der Waals surface area contributed by atoms with Crippen molar-refractivity contribution in [1.82, 2.24) is 0 Å². The van der Waals surface area contributed by atoms with Crippen molar-refractivity contribution in [3.63, 3.8) is 0 Å². The van der Waals surface area contributed by atoms with Crippen LogP contribution in [0.1, 0.15) is 27.1 Å². The van der Waals surface area contributed by atoms with Crippen molar-refractivity contribution in [3.8, 4) is 0 Å². The van der Waals surface area contributed by atoms with E-state index in [2.05, 4.69) is 15.9 Å². The van der Waals surface area contributed by atoms with E-state index in [1.807, 2.05) is 26.0 Å². The highest BCUT2D eigenvalue weighted by molar-refractivity contribution is 9.09. The summed E-state index contributed by atoms with van der Waals surface area (Å²) in [6.45, 7) is 3.85. The molecule has 0 spiro atoms. The van der Waals surface area contributed by atoms with Crippen LogP contribution in [0.3, 0.4) is 0 Å². The second-order valence-electron chi connectivity index (χ2n) is 4.87. The molecule has 0 aromatic heterocycles. The van der Waals surface area contributed by atoms with Gasteiger partial charge in [0.1, 0.15) is 5.82 Å². The second-order valence-corrected chi connectivity index (χ2v) is 6.79. The largest absolute Gasteiger partial charge is 0.207 e. The average Bonchev–Trinajstić information content (AvgIpc) is 2.32. The van der Waals surface area contributed by atoms with Crippen LogP contribution in [0.5, 0.6) is 0 Å². The minimum absolute atomic E-state index is 0.111. The third kappa shape index (κ3) is 3.55. The van der Waals surface area contributed by atoms with Crippen molar-refractivity contribution in [2.75, 3.05) is 0 Å². The van der Waals surface area contributed by atoms with Gasteiger partial charge >= 0.3 is 0 Å². The third-order valence-corrected chi connectivity index (χ3v) is 4.79. The molecule has 0 aliphatic rings. The summed E-state index contributed by atoms with van der Waals surface area (Å²) in [5, 5.41) is 1.10. The van der Waals surface area contributed by atoms with Gasteiger partial charge in [-0.05, 0) is 66.8 Å². The van der Waals surface area contributed by atoms with E-state index in [0.29, 0.717) is 10.0 Å². The first-order valence-corrected chi connectivity index (χ1v) is 7.90. The number of benzene rings is 2. The summed E-state index contributed by atoms with van der Waals surface area (Å²) in [5.41, 5.74) is 4.11. The van der Waals surface area contributed by atoms with Gasteiger partial charge in [0.15, 0.2) is 0 Å². The van der Waals surface area contributed by atoms with E-state index >= 15 is 0 Å². The molecule has 0 aliphatic heterocycles. The van der Waals surface area contributed by atoms with E-state index in [1.165, 1.54) is 0 Å². The Morgan fingerprint density at radius 2 is 1.65 bits per heavy atom. The molecular formula is C16H14BrCl2F. The van der Waals surface area contributed by atoms with Gasteiger partial charge in [0.05, 0.1) is 10.0 Å². The first-order valence-electron chi connectivity index (χ1n) is 6.23. The van der Waals surface area contributed by atoms with E-state index in [-0.39, 0.29) is 10.6 Å². The van der Waals surface area contributed by atoms with Crippen LogP contribution in [-0.2, 0) is 6.42 Å². The van der Waals surface area contributed by atoms with Gasteiger partial charge in [0.25, 0.3) is 0 Å². The zero-order chi connectivity index (χ0) is 14.9. The zero-order valence-electron chi connectivity index (χ0n) is 11.2. The van der Waals surface area contributed by atoms with Crippen LogP contribution >= 0.6 is 39.1 Å². The van der Waals surface area contributed by atoms with Crippen LogP contribution in [0, 0.1) is 19.7 Å². The lowest BCUT2D eigenvalue weighted by Gasteiger charge is -2.17. The van der Waals surface area contributed by atoms with Crippen molar-refractivity contribution >= 4 is 39.1 Å². The van der Waals surface area contributed by atoms with E-state index in [9.17, 15) is 4.39 Å². The van der Waals surface area contributed by atoms with E-state index < -0.39 is 0 Å². The molecule has 0 heterocycles. The minimum Gasteiger partial charge on any atom is -0.207 e. The Balaban J connectivity index is 2.28. The lowest BCUT2D eigenvalue weighted by Crippen LogP contribution is -2.02. The molecule has 0 saturated carbocycles. The lowest BCUT2D eigenvalue weighted by atomic mass is 9.96. The van der Waals surface area contributed by atoms with Crippen LogP contribution in [0.15, 0.2) is 30.3 Å². The van der Waals surface area contributed by atoms with E-state index in [0.717, 1.165) is 28.7 Å². The number of alkyl halides is 1. The molecule has 0 radical (unpaired) electrons. The Bertz CT molecular complexity index is 617. The van der Waals surface area contributed by atoms with Gasteiger partial charge in [0.2, 0.25) is 0 Å². The summed E-state index contributed by atoms with van der Waals surface area (Å²) in [4.78, 5) is 0.111. The van der Waals surface area contributed by atoms with Crippen molar-refractivity contribution < 1.29 is 4.39 Å². The van der Waals surface area contributed by atoms with Gasteiger partial charge < -0.3 is 0 Å². The van der Waals surface area contributed by atoms with Crippen molar-refractivity contribution in [2.45, 2.75) is 25.1 Å². The maximum absolute atomic E-state index is 13.3. The predicted octanol–water partition coefficient (Wildman–Crippen LogP) is 6.43. The number of halogens is 4. The standard InChI is InChI=1S/C16H14BrCl2F/c1-9-5-12(20)6-10(2)16(9)13(17)7-11-3-4-14(18)15(19)8-11/h3-6,8,13H,7H2,1-2H3. The Labute approximate surface area is 137 Å². The van der Waals surface area contributed by atoms with Crippen LogP contribution in [0.2, 0.25) is 10.0 Å². The zero-order valence-corrected chi connectivity index (χ0v) is 14.3. The molecule has 0 amide bonds. The molecule has 0 bridgehead atoms. The second kappa shape index (κ2) is 6.46. The highest BCUT2D eigenvalue weighted by Crippen LogP contribution is 2.34. The minimum atomic E-state index is -0.196. The smallest absolute Gasteiger partial charge is 0.123 e. The van der Waals surface area contributed by atoms with Crippen LogP contribution < -0.4 is 0 Å². The number of hydrogen-bond donors (Lipinski definition) is 0. The van der Waals surface area contributed by atoms with Crippen LogP contribution in [-0.4, -0.2) is 0 Å². The predicted molar refractivity (Wildman–Crippen MR) is 87.7 cm³/mol. The molecule has 2 rings (SSSR count). The molecule has 0 fully saturated rings. The first kappa shape index (κ1) is 15.8. The lowest BCUT2D eigenvalue weighted by molar-refractivity contribution is 0.624. The van der Waals surface area contributed by atoms with E-state index in [1.54, 1.807) is 18.2 Å². The molecule has 20 heavy (non-hydrogen) atoms. The van der Waals surface area contributed by atoms with Gasteiger partial charge in [-0.1, -0.05) is 45.2 Å². The molecule has 4 heteroatoms. The maximum atomic E-state index is 13.3. The summed E-state index contributed by atoms with van der Waals surface area (Å²) >= 11 is 15.6. The summed E-state index contributed by atoms with van der Waals surface area (Å²) in [6.07, 6.45) is 0.768. The topological polar surface area (TPSA) is 0 Å². The molecular weight excluding hydrogens is 362 g/mol. The Kier molecular flexibility index (Phi) is 5.11. The van der Waals surface area contributed by atoms with Gasteiger partial charge in [0, 0.05) is 4.83 Å². The van der Waals surface area contributed by atoms with Gasteiger partial charge in [-0.3, -0.25) is 0 Å². The number of hydrogen-bond acceptors (Lipinski definition) is 0. The number of aryl methyl sites for hydroxylation is 2. The molecule has 106 valence electrons. The first-order chi connectivity index (χ1) is 9.38. The van der Waals surface area contributed by atoms with E-state index in [4.69, 9.17) is 23.2 Å². The summed E-state index contributed by atoms with van der Waals surface area (Å²) in [6, 6.07) is 8.74. The summed E-state index contributed by atoms with van der Waals surface area (Å²) in [7, 11) is 0. The Morgan fingerprint density at radius 3 is 2.20 bits per heavy atom. The average molecular weight is 376 g/mol. The van der Waals surface area contributed by atoms with Crippen LogP contribution in [0.4, 0.5) is 4.39 Å². The van der Waals surface area contributed by atoms with Crippen molar-refractivity contribution in [3.05, 3.63) is 68.4 Å². The van der Waals surface area contributed by atoms with Crippen LogP contribution in [0.25, 0.3) is 0 Å². The Morgan fingerprint density at radius 1 is 1.05 bits per heavy atom. The highest BCUT2D eigenvalue weighted by Gasteiger charge is 2.15. The SMILES string of the molecule is Cc1cc(F)cc(C)c1C(Br)Cc1ccc(Cl)c(Cl)c1. The van der Waals surface area contributed by atoms with Gasteiger partial charge in [-0.15, -0.1) is 0 Å². The van der Waals surface area contributed by atoms with Crippen molar-refractivity contribution in [1.29, 1.82) is 0 Å². The molecule has 2 aromatic rings. The fourth-order valence-electron chi connectivity index (χ4n) is 2.39. The molecule has 0 nitrogen and oxygen atoms in total. The fraction of sp³-hybridized carbons (Fsp3) is 0.250. The monoisotopic (exact) mass is 374 g/mol. The quantitative estimate of drug-likeness (QED) is 0.542. The third-order valence-electron chi connectivity index (χ3n) is 3.27. The van der Waals surface area contributed by atoms with Gasteiger partial charge in [-0.2, -0.15) is 0 Å². The molecule has 2 aromatic carbocycles. The number of rotatable bonds is 3. The van der Waals surface area contributed by atoms with Crippen molar-refractivity contribution in [2.24, 2.45) is 0 Å². The fourth-order valence-corrected chi connectivity index (χ4v) is 3.81. The highest BCUT2D eigenvalue weighted by atomic mass is 79.9. The molecule has 1 atom stereocenters. The van der Waals surface area contributed by atoms with Gasteiger partial charge in [-0.25, -0.2) is 4.39 Å². The Hall–Kier alpha value is -0.570. The molecule has 1 unspecified atom stereocenters. The molecule has 0 aliphatic carbocycles. The molecule has 0 saturated heterocycles. The summed E-state index contributed by atoms with van der Waals surface area (Å²) in [5.74, 6) is -0.196. The summed E-state index contributed by atoms with van der Waals surface area (Å²) < 4.78 is 13.3.